The number of carbonyl (C=O) groups excluding carboxylic acids is 1. The number of rotatable bonds is 3. The Morgan fingerprint density at radius 3 is 2.00 bits per heavy atom. The van der Waals surface area contributed by atoms with E-state index in [-0.39, 0.29) is 11.8 Å². The molecule has 108 valence electrons. The summed E-state index contributed by atoms with van der Waals surface area (Å²) in [7, 11) is 1.85. The number of amides is 1. The minimum absolute atomic E-state index is 0.250. The normalized spacial score (nSPS) is 40.5. The molecule has 1 amide bonds. The van der Waals surface area contributed by atoms with E-state index >= 15 is 0 Å². The zero-order chi connectivity index (χ0) is 13.8. The Morgan fingerprint density at radius 1 is 1.11 bits per heavy atom. The first kappa shape index (κ1) is 13.4. The number of nitrogens with zero attached hydrogens (tertiary/aromatic N) is 1. The Labute approximate surface area is 116 Å². The van der Waals surface area contributed by atoms with E-state index in [2.05, 4.69) is 0 Å². The molecule has 0 heterocycles. The van der Waals surface area contributed by atoms with Gasteiger partial charge in [-0.05, 0) is 69.6 Å². The molecule has 1 N–H and O–H groups in total. The summed E-state index contributed by atoms with van der Waals surface area (Å²) in [6.07, 6.45) is 6.53. The summed E-state index contributed by atoms with van der Waals surface area (Å²) >= 11 is 0. The molecule has 4 bridgehead atoms. The third-order valence-electron chi connectivity index (χ3n) is 5.51. The zero-order valence-electron chi connectivity index (χ0n) is 12.4. The van der Waals surface area contributed by atoms with Crippen LogP contribution < -0.4 is 0 Å². The summed E-state index contributed by atoms with van der Waals surface area (Å²) in [6.45, 7) is 3.98. The van der Waals surface area contributed by atoms with Gasteiger partial charge in [0.15, 0.2) is 0 Å². The van der Waals surface area contributed by atoms with Crippen LogP contribution in [0.1, 0.15) is 46.0 Å². The van der Waals surface area contributed by atoms with E-state index in [0.717, 1.165) is 11.8 Å². The van der Waals surface area contributed by atoms with E-state index in [1.165, 1.54) is 32.1 Å². The summed E-state index contributed by atoms with van der Waals surface area (Å²) < 4.78 is 0. The summed E-state index contributed by atoms with van der Waals surface area (Å²) in [4.78, 5) is 14.5. The first-order valence-electron chi connectivity index (χ1n) is 7.81. The predicted molar refractivity (Wildman–Crippen MR) is 74.5 cm³/mol. The highest BCUT2D eigenvalue weighted by Crippen LogP contribution is 2.56. The number of carbonyl (C=O) groups is 1. The highest BCUT2D eigenvalue weighted by Gasteiger charge is 2.51. The highest BCUT2D eigenvalue weighted by molar-refractivity contribution is 5.79. The molecule has 19 heavy (non-hydrogen) atoms. The van der Waals surface area contributed by atoms with E-state index in [1.807, 2.05) is 7.05 Å². The minimum atomic E-state index is -0.795. The van der Waals surface area contributed by atoms with Crippen molar-refractivity contribution in [3.8, 4) is 0 Å². The summed E-state index contributed by atoms with van der Waals surface area (Å²) in [5, 5.41) is 9.89. The molecule has 4 aliphatic carbocycles. The predicted octanol–water partition coefficient (Wildman–Crippen LogP) is 2.29. The lowest BCUT2D eigenvalue weighted by Gasteiger charge is -2.54. The number of likely N-dealkylation sites (N-methyl/N-ethyl adjacent to an activating group) is 1. The van der Waals surface area contributed by atoms with Gasteiger partial charge in [0.2, 0.25) is 5.91 Å². The van der Waals surface area contributed by atoms with Crippen LogP contribution in [-0.4, -0.2) is 35.1 Å². The molecule has 3 heteroatoms. The molecule has 4 saturated carbocycles. The van der Waals surface area contributed by atoms with Crippen LogP contribution in [0.4, 0.5) is 0 Å². The Kier molecular flexibility index (Phi) is 3.16. The molecule has 0 saturated heterocycles. The van der Waals surface area contributed by atoms with Crippen molar-refractivity contribution in [2.75, 3.05) is 13.6 Å². The SMILES string of the molecule is CN(CC(C)(C)O)C(=O)C1C2CC3CC(C2)CC1C3. The number of aliphatic hydroxyl groups is 1. The van der Waals surface area contributed by atoms with Gasteiger partial charge in [0.25, 0.3) is 0 Å². The third-order valence-corrected chi connectivity index (χ3v) is 5.51. The Bertz CT molecular complexity index is 343. The molecule has 0 unspecified atom stereocenters. The van der Waals surface area contributed by atoms with Gasteiger partial charge in [-0.2, -0.15) is 0 Å². The van der Waals surface area contributed by atoms with Crippen molar-refractivity contribution in [3.05, 3.63) is 0 Å². The van der Waals surface area contributed by atoms with Gasteiger partial charge in [0, 0.05) is 19.5 Å². The van der Waals surface area contributed by atoms with E-state index in [1.54, 1.807) is 18.7 Å². The first-order chi connectivity index (χ1) is 8.83. The number of hydrogen-bond donors (Lipinski definition) is 1. The molecular formula is C16H27NO2. The summed E-state index contributed by atoms with van der Waals surface area (Å²) in [6, 6.07) is 0. The molecule has 0 atom stereocenters. The lowest BCUT2D eigenvalue weighted by Crippen LogP contribution is -2.52. The first-order valence-corrected chi connectivity index (χ1v) is 7.81. The Balaban J connectivity index is 1.70. The van der Waals surface area contributed by atoms with Gasteiger partial charge in [-0.1, -0.05) is 0 Å². The van der Waals surface area contributed by atoms with Crippen LogP contribution in [0.3, 0.4) is 0 Å². The van der Waals surface area contributed by atoms with Gasteiger partial charge >= 0.3 is 0 Å². The van der Waals surface area contributed by atoms with Gasteiger partial charge in [0.1, 0.15) is 0 Å². The molecule has 0 aromatic rings. The fourth-order valence-electron chi connectivity index (χ4n) is 5.24. The highest BCUT2D eigenvalue weighted by atomic mass is 16.3. The second-order valence-corrected chi connectivity index (χ2v) is 7.96. The van der Waals surface area contributed by atoms with E-state index in [4.69, 9.17) is 0 Å². The second kappa shape index (κ2) is 4.47. The van der Waals surface area contributed by atoms with Crippen molar-refractivity contribution in [1.82, 2.24) is 4.90 Å². The summed E-state index contributed by atoms with van der Waals surface area (Å²) in [5.74, 6) is 3.62. The van der Waals surface area contributed by atoms with Crippen molar-refractivity contribution in [3.63, 3.8) is 0 Å². The van der Waals surface area contributed by atoms with Crippen LogP contribution >= 0.6 is 0 Å². The Hall–Kier alpha value is -0.570. The minimum Gasteiger partial charge on any atom is -0.389 e. The van der Waals surface area contributed by atoms with Gasteiger partial charge in [-0.3, -0.25) is 4.79 Å². The maximum Gasteiger partial charge on any atom is 0.226 e. The molecule has 4 fully saturated rings. The fourth-order valence-corrected chi connectivity index (χ4v) is 5.24. The largest absolute Gasteiger partial charge is 0.389 e. The van der Waals surface area contributed by atoms with Crippen molar-refractivity contribution in [2.45, 2.75) is 51.6 Å². The van der Waals surface area contributed by atoms with Crippen molar-refractivity contribution in [1.29, 1.82) is 0 Å². The van der Waals surface area contributed by atoms with Gasteiger partial charge in [-0.15, -0.1) is 0 Å². The van der Waals surface area contributed by atoms with E-state index < -0.39 is 5.60 Å². The van der Waals surface area contributed by atoms with Crippen molar-refractivity contribution >= 4 is 5.91 Å². The lowest BCUT2D eigenvalue weighted by molar-refractivity contribution is -0.150. The molecule has 0 aliphatic heterocycles. The molecule has 0 radical (unpaired) electrons. The van der Waals surface area contributed by atoms with Gasteiger partial charge in [0.05, 0.1) is 5.60 Å². The average molecular weight is 265 g/mol. The second-order valence-electron chi connectivity index (χ2n) is 7.96. The maximum absolute atomic E-state index is 12.7. The van der Waals surface area contributed by atoms with Crippen LogP contribution in [0.25, 0.3) is 0 Å². The molecular weight excluding hydrogens is 238 g/mol. The van der Waals surface area contributed by atoms with E-state index in [9.17, 15) is 9.90 Å². The summed E-state index contributed by atoms with van der Waals surface area (Å²) in [5.41, 5.74) is -0.795. The van der Waals surface area contributed by atoms with Crippen molar-refractivity contribution in [2.24, 2.45) is 29.6 Å². The van der Waals surface area contributed by atoms with E-state index in [0.29, 0.717) is 18.4 Å². The van der Waals surface area contributed by atoms with Crippen LogP contribution in [-0.2, 0) is 4.79 Å². The molecule has 3 nitrogen and oxygen atoms in total. The molecule has 0 spiro atoms. The quantitative estimate of drug-likeness (QED) is 0.850. The van der Waals surface area contributed by atoms with Gasteiger partial charge < -0.3 is 10.0 Å². The van der Waals surface area contributed by atoms with Crippen LogP contribution in [0.2, 0.25) is 0 Å². The van der Waals surface area contributed by atoms with Crippen LogP contribution in [0.5, 0.6) is 0 Å². The average Bonchev–Trinajstić information content (AvgIpc) is 2.24. The number of hydrogen-bond acceptors (Lipinski definition) is 2. The zero-order valence-corrected chi connectivity index (χ0v) is 12.4. The van der Waals surface area contributed by atoms with Crippen molar-refractivity contribution < 1.29 is 9.90 Å². The maximum atomic E-state index is 12.7. The fraction of sp³-hybridized carbons (Fsp3) is 0.938. The Morgan fingerprint density at radius 2 is 1.58 bits per heavy atom. The molecule has 0 aromatic heterocycles. The monoisotopic (exact) mass is 265 g/mol. The van der Waals surface area contributed by atoms with Crippen LogP contribution in [0, 0.1) is 29.6 Å². The molecule has 4 rings (SSSR count). The third kappa shape index (κ3) is 2.54. The van der Waals surface area contributed by atoms with Gasteiger partial charge in [-0.25, -0.2) is 0 Å². The standard InChI is InChI=1S/C16H27NO2/c1-16(2,19)9-17(3)15(18)14-12-5-10-4-11(7-12)8-13(14)6-10/h10-14,19H,4-9H2,1-3H3. The topological polar surface area (TPSA) is 40.5 Å². The molecule has 4 aliphatic rings. The van der Waals surface area contributed by atoms with Crippen LogP contribution in [0.15, 0.2) is 0 Å². The lowest BCUT2D eigenvalue weighted by atomic mass is 9.51. The smallest absolute Gasteiger partial charge is 0.226 e. The molecule has 0 aromatic carbocycles.